The molecular weight excluding hydrogens is 436 g/mol. The first-order valence-corrected chi connectivity index (χ1v) is 11.1. The van der Waals surface area contributed by atoms with Crippen LogP contribution in [-0.4, -0.2) is 37.4 Å². The first-order valence-electron chi connectivity index (χ1n) is 11.1. The highest BCUT2D eigenvalue weighted by Gasteiger charge is 2.60. The van der Waals surface area contributed by atoms with E-state index < -0.39 is 18.5 Å². The predicted octanol–water partition coefficient (Wildman–Crippen LogP) is 3.19. The van der Waals surface area contributed by atoms with Gasteiger partial charge >= 0.3 is 5.97 Å². The van der Waals surface area contributed by atoms with Crippen LogP contribution in [0.4, 0.5) is 11.4 Å². The second kappa shape index (κ2) is 8.44. The SMILES string of the molecule is COc1ccccc1NC(=O)COC(=O)c1cccc(N2C(=O)[C@@H]3[C@@H](C2=O)[C@H]2C=C(C)[C@H]3C2)c1. The molecule has 0 aromatic heterocycles. The third-order valence-electron chi connectivity index (χ3n) is 6.94. The van der Waals surface area contributed by atoms with Gasteiger partial charge in [-0.05, 0) is 55.5 Å². The van der Waals surface area contributed by atoms with Gasteiger partial charge in [0.2, 0.25) is 11.8 Å². The number of allylic oxidation sites excluding steroid dienone is 2. The standard InChI is InChI=1S/C26H24N2O6/c1-14-10-16-12-18(14)23-22(16)24(30)28(25(23)31)17-7-5-6-15(11-17)26(32)34-13-21(29)27-19-8-3-4-9-20(19)33-2/h3-11,16,18,22-23H,12-13H2,1-2H3,(H,27,29)/t16-,18+,22-,23-/m0/s1. The molecule has 0 unspecified atom stereocenters. The molecular formula is C26H24N2O6. The summed E-state index contributed by atoms with van der Waals surface area (Å²) in [7, 11) is 1.49. The second-order valence-corrected chi connectivity index (χ2v) is 8.86. The maximum absolute atomic E-state index is 13.2. The van der Waals surface area contributed by atoms with E-state index in [0.29, 0.717) is 17.1 Å². The molecule has 0 radical (unpaired) electrons. The van der Waals surface area contributed by atoms with E-state index in [0.717, 1.165) is 6.42 Å². The molecule has 3 aliphatic rings. The molecule has 0 spiro atoms. The molecule has 2 fully saturated rings. The number of carbonyl (C=O) groups is 4. The van der Waals surface area contributed by atoms with E-state index in [1.807, 2.05) is 6.92 Å². The number of methoxy groups -OCH3 is 1. The second-order valence-electron chi connectivity index (χ2n) is 8.86. The molecule has 2 bridgehead atoms. The zero-order valence-corrected chi connectivity index (χ0v) is 18.8. The van der Waals surface area contributed by atoms with Gasteiger partial charge in [0.25, 0.3) is 5.91 Å². The number of benzene rings is 2. The fourth-order valence-corrected chi connectivity index (χ4v) is 5.45. The van der Waals surface area contributed by atoms with Crippen LogP contribution in [0.2, 0.25) is 0 Å². The number of amides is 3. The first-order chi connectivity index (χ1) is 16.4. The van der Waals surface area contributed by atoms with Crippen molar-refractivity contribution in [2.45, 2.75) is 13.3 Å². The highest BCUT2D eigenvalue weighted by molar-refractivity contribution is 6.23. The van der Waals surface area contributed by atoms with Crippen LogP contribution in [0, 0.1) is 23.7 Å². The van der Waals surface area contributed by atoms with Gasteiger partial charge in [-0.3, -0.25) is 14.4 Å². The third kappa shape index (κ3) is 3.55. The normalized spacial score (nSPS) is 24.6. The average Bonchev–Trinajstić information content (AvgIpc) is 3.48. The molecule has 1 aliphatic heterocycles. The number of para-hydroxylation sites is 2. The molecule has 174 valence electrons. The monoisotopic (exact) mass is 460 g/mol. The number of anilines is 2. The van der Waals surface area contributed by atoms with Crippen molar-refractivity contribution in [1.82, 2.24) is 0 Å². The molecule has 1 heterocycles. The van der Waals surface area contributed by atoms with E-state index in [2.05, 4.69) is 11.4 Å². The summed E-state index contributed by atoms with van der Waals surface area (Å²) in [6.07, 6.45) is 2.97. The molecule has 8 nitrogen and oxygen atoms in total. The summed E-state index contributed by atoms with van der Waals surface area (Å²) in [4.78, 5) is 52.3. The van der Waals surface area contributed by atoms with Crippen LogP contribution < -0.4 is 15.0 Å². The molecule has 4 atom stereocenters. The molecule has 34 heavy (non-hydrogen) atoms. The Kier molecular flexibility index (Phi) is 5.43. The van der Waals surface area contributed by atoms with Crippen molar-refractivity contribution in [3.05, 3.63) is 65.7 Å². The Labute approximate surface area is 196 Å². The van der Waals surface area contributed by atoms with Gasteiger partial charge in [-0.15, -0.1) is 0 Å². The van der Waals surface area contributed by atoms with E-state index in [-0.39, 0.29) is 41.0 Å². The van der Waals surface area contributed by atoms with E-state index in [9.17, 15) is 19.2 Å². The Morgan fingerprint density at radius 3 is 2.62 bits per heavy atom. The van der Waals surface area contributed by atoms with Crippen molar-refractivity contribution in [2.75, 3.05) is 23.9 Å². The largest absolute Gasteiger partial charge is 0.495 e. The van der Waals surface area contributed by atoms with Crippen molar-refractivity contribution in [3.8, 4) is 5.75 Å². The lowest BCUT2D eigenvalue weighted by Gasteiger charge is -2.19. The lowest BCUT2D eigenvalue weighted by atomic mass is 9.82. The van der Waals surface area contributed by atoms with Crippen molar-refractivity contribution < 1.29 is 28.7 Å². The summed E-state index contributed by atoms with van der Waals surface area (Å²) in [5.74, 6) is -1.62. The first kappa shape index (κ1) is 21.9. The fourth-order valence-electron chi connectivity index (χ4n) is 5.45. The fraction of sp³-hybridized carbons (Fsp3) is 0.308. The van der Waals surface area contributed by atoms with Gasteiger partial charge in [-0.2, -0.15) is 0 Å². The number of carbonyl (C=O) groups excluding carboxylic acids is 4. The van der Waals surface area contributed by atoms with Gasteiger partial charge in [-0.1, -0.05) is 29.8 Å². The topological polar surface area (TPSA) is 102 Å². The van der Waals surface area contributed by atoms with Crippen LogP contribution in [0.25, 0.3) is 0 Å². The van der Waals surface area contributed by atoms with Crippen molar-refractivity contribution in [2.24, 2.45) is 23.7 Å². The molecule has 3 amide bonds. The number of hydrogen-bond donors (Lipinski definition) is 1. The Morgan fingerprint density at radius 1 is 1.06 bits per heavy atom. The van der Waals surface area contributed by atoms with Crippen LogP contribution in [0.15, 0.2) is 60.2 Å². The molecule has 2 aromatic rings. The Morgan fingerprint density at radius 2 is 1.82 bits per heavy atom. The lowest BCUT2D eigenvalue weighted by Crippen LogP contribution is -2.33. The number of fused-ring (bicyclic) bond motifs is 5. The van der Waals surface area contributed by atoms with Gasteiger partial charge in [0.1, 0.15) is 5.75 Å². The predicted molar refractivity (Wildman–Crippen MR) is 123 cm³/mol. The Hall–Kier alpha value is -3.94. The minimum absolute atomic E-state index is 0.103. The maximum atomic E-state index is 13.2. The van der Waals surface area contributed by atoms with Crippen LogP contribution in [0.3, 0.4) is 0 Å². The average molecular weight is 460 g/mol. The summed E-state index contributed by atoms with van der Waals surface area (Å²) in [5, 5.41) is 2.63. The van der Waals surface area contributed by atoms with Gasteiger partial charge in [0.15, 0.2) is 6.61 Å². The van der Waals surface area contributed by atoms with Gasteiger partial charge < -0.3 is 14.8 Å². The molecule has 1 saturated carbocycles. The van der Waals surface area contributed by atoms with Gasteiger partial charge in [-0.25, -0.2) is 9.69 Å². The Balaban J connectivity index is 1.26. The summed E-state index contributed by atoms with van der Waals surface area (Å²) in [6, 6.07) is 13.1. The number of hydrogen-bond acceptors (Lipinski definition) is 6. The molecule has 2 aliphatic carbocycles. The zero-order chi connectivity index (χ0) is 24.0. The number of rotatable bonds is 6. The van der Waals surface area contributed by atoms with Gasteiger partial charge in [0.05, 0.1) is 35.9 Å². The maximum Gasteiger partial charge on any atom is 0.338 e. The summed E-state index contributed by atoms with van der Waals surface area (Å²) < 4.78 is 10.3. The van der Waals surface area contributed by atoms with E-state index in [1.54, 1.807) is 36.4 Å². The number of ether oxygens (including phenoxy) is 2. The van der Waals surface area contributed by atoms with Gasteiger partial charge in [0, 0.05) is 0 Å². The molecule has 1 saturated heterocycles. The molecule has 1 N–H and O–H groups in total. The van der Waals surface area contributed by atoms with Crippen LogP contribution >= 0.6 is 0 Å². The number of esters is 1. The molecule has 5 rings (SSSR count). The van der Waals surface area contributed by atoms with E-state index >= 15 is 0 Å². The van der Waals surface area contributed by atoms with Crippen LogP contribution in [0.1, 0.15) is 23.7 Å². The number of nitrogens with zero attached hydrogens (tertiary/aromatic N) is 1. The van der Waals surface area contributed by atoms with Crippen LogP contribution in [0.5, 0.6) is 5.75 Å². The third-order valence-corrected chi connectivity index (χ3v) is 6.94. The van der Waals surface area contributed by atoms with Crippen molar-refractivity contribution in [1.29, 1.82) is 0 Å². The number of nitrogens with one attached hydrogen (secondary N) is 1. The number of imide groups is 1. The Bertz CT molecular complexity index is 1240. The van der Waals surface area contributed by atoms with Crippen molar-refractivity contribution in [3.63, 3.8) is 0 Å². The summed E-state index contributed by atoms with van der Waals surface area (Å²) >= 11 is 0. The smallest absolute Gasteiger partial charge is 0.338 e. The minimum Gasteiger partial charge on any atom is -0.495 e. The highest BCUT2D eigenvalue weighted by Crippen LogP contribution is 2.55. The van der Waals surface area contributed by atoms with Crippen LogP contribution in [-0.2, 0) is 19.1 Å². The van der Waals surface area contributed by atoms with E-state index in [1.165, 1.54) is 29.7 Å². The van der Waals surface area contributed by atoms with Crippen molar-refractivity contribution >= 4 is 35.1 Å². The molecule has 2 aromatic carbocycles. The lowest BCUT2D eigenvalue weighted by molar-refractivity contribution is -0.123. The summed E-state index contributed by atoms with van der Waals surface area (Å²) in [6.45, 7) is 1.52. The zero-order valence-electron chi connectivity index (χ0n) is 18.8. The quantitative estimate of drug-likeness (QED) is 0.404. The highest BCUT2D eigenvalue weighted by atomic mass is 16.5. The summed E-state index contributed by atoms with van der Waals surface area (Å²) in [5.41, 5.74) is 2.13. The van der Waals surface area contributed by atoms with E-state index in [4.69, 9.17) is 9.47 Å². The molecule has 8 heteroatoms. The minimum atomic E-state index is -0.728.